The van der Waals surface area contributed by atoms with Crippen LogP contribution in [0, 0.1) is 0 Å². The first-order chi connectivity index (χ1) is 44.2. The molecular formula is C78H104O8. The Labute approximate surface area is 530 Å². The van der Waals surface area contributed by atoms with Gasteiger partial charge in [0.15, 0.2) is 0 Å². The van der Waals surface area contributed by atoms with E-state index in [0.29, 0.717) is 34.5 Å². The minimum Gasteiger partial charge on any atom is -0.508 e. The van der Waals surface area contributed by atoms with Crippen molar-refractivity contribution in [3.05, 3.63) is 276 Å². The monoisotopic (exact) mass is 1180 g/mol. The van der Waals surface area contributed by atoms with Crippen LogP contribution in [-0.2, 0) is 16.2 Å². The smallest absolute Gasteiger partial charge is 0.293 e. The van der Waals surface area contributed by atoms with Crippen molar-refractivity contribution in [2.24, 2.45) is 0 Å². The summed E-state index contributed by atoms with van der Waals surface area (Å²) >= 11 is 0. The number of phenols is 6. The van der Waals surface area contributed by atoms with Crippen LogP contribution in [0.1, 0.15) is 151 Å². The van der Waals surface area contributed by atoms with Gasteiger partial charge in [-0.1, -0.05) is 287 Å². The molecule has 0 radical (unpaired) electrons. The minimum absolute atomic E-state index is 0. The van der Waals surface area contributed by atoms with Crippen LogP contribution in [0.25, 0.3) is 21.5 Å². The maximum Gasteiger partial charge on any atom is 0.293 e. The second kappa shape index (κ2) is 43.1. The van der Waals surface area contributed by atoms with E-state index < -0.39 is 0 Å². The van der Waals surface area contributed by atoms with Crippen LogP contribution in [0.2, 0.25) is 0 Å². The first-order valence-corrected chi connectivity index (χ1v) is 28.5. The Morgan fingerprint density at radius 1 is 0.244 bits per heavy atom. The largest absolute Gasteiger partial charge is 0.508 e. The third kappa shape index (κ3) is 27.4. The van der Waals surface area contributed by atoms with Gasteiger partial charge in [-0.2, -0.15) is 0 Å². The molecule has 10 aromatic carbocycles. The summed E-state index contributed by atoms with van der Waals surface area (Å²) in [5.74, 6) is 3.15. The summed E-state index contributed by atoms with van der Waals surface area (Å²) in [6.45, 7) is 25.5. The Balaban J connectivity index is 0. The number of aliphatic hydroxyl groups excluding tert-OH is 2. The summed E-state index contributed by atoms with van der Waals surface area (Å²) in [4.78, 5) is 0. The zero-order valence-electron chi connectivity index (χ0n) is 60.0. The van der Waals surface area contributed by atoms with Crippen LogP contribution < -0.4 is 0 Å². The summed E-state index contributed by atoms with van der Waals surface area (Å²) in [6.07, 6.45) is 3.75. The lowest BCUT2D eigenvalue weighted by molar-refractivity contribution is 0.399. The van der Waals surface area contributed by atoms with Gasteiger partial charge in [0.1, 0.15) is 34.5 Å². The molecular weight excluding hydrogens is 1060 g/mol. The number of hydrogen-bond donors (Lipinski definition) is 8. The topological polar surface area (TPSA) is 162 Å². The summed E-state index contributed by atoms with van der Waals surface area (Å²) in [5, 5.41) is 38.8. The Bertz CT molecular complexity index is 2820. The number of hydrogen-bond acceptors (Lipinski definition) is 8. The van der Waals surface area contributed by atoms with Gasteiger partial charge in [0.25, 0.3) is 8.59 Å². The highest BCUT2D eigenvalue weighted by molar-refractivity contribution is 5.82. The summed E-state index contributed by atoms with van der Waals surface area (Å²) < 4.78 is 52.5. The lowest BCUT2D eigenvalue weighted by Crippen LogP contribution is -2.18. The SMILES string of the molecule is C.C.CCC.CCC.CCC.[2H]OC.[2H]OC.[2H]Oc1ccc(C(C)(C)c2ccc(O[2H])cc2)cc1.[2H]Oc1ccc(C(C)(C)c2ccc(O[2H])cc2)cc1.[2H]Oc1ccc(C(C)(C)c2ccc(O[2H])cc2)cc1.c1ccc2ccccc2c1.c1ccc2ccccc2c1. The van der Waals surface area contributed by atoms with E-state index in [1.54, 1.807) is 72.8 Å². The van der Waals surface area contributed by atoms with E-state index >= 15 is 0 Å². The maximum absolute atomic E-state index is 6.85. The summed E-state index contributed by atoms with van der Waals surface area (Å²) in [7, 11) is 2.58. The van der Waals surface area contributed by atoms with Crippen molar-refractivity contribution in [2.75, 3.05) is 14.2 Å². The lowest BCUT2D eigenvalue weighted by Gasteiger charge is -2.26. The van der Waals surface area contributed by atoms with Crippen LogP contribution in [0.5, 0.6) is 34.5 Å². The third-order valence-electron chi connectivity index (χ3n) is 12.8. The van der Waals surface area contributed by atoms with E-state index in [1.165, 1.54) is 55.0 Å². The van der Waals surface area contributed by atoms with E-state index in [4.69, 9.17) is 11.4 Å². The van der Waals surface area contributed by atoms with Gasteiger partial charge in [-0.15, -0.1) is 0 Å². The average Bonchev–Trinajstić information content (AvgIpc) is 0.827. The second-order valence-corrected chi connectivity index (χ2v) is 20.8. The molecule has 0 aliphatic carbocycles. The Hall–Kier alpha value is -8.56. The molecule has 0 spiro atoms. The zero-order chi connectivity index (χ0) is 68.8. The number of aliphatic hydroxyl groups is 2. The number of phenolic OH excluding ortho intramolecular Hbond substituents is 6. The average molecular weight is 1180 g/mol. The molecule has 0 saturated carbocycles. The van der Waals surface area contributed by atoms with E-state index in [9.17, 15) is 0 Å². The van der Waals surface area contributed by atoms with Crippen LogP contribution in [0.3, 0.4) is 0 Å². The predicted octanol–water partition coefficient (Wildman–Crippen LogP) is 20.7. The van der Waals surface area contributed by atoms with Crippen molar-refractivity contribution in [2.45, 2.75) is 133 Å². The van der Waals surface area contributed by atoms with E-state index in [0.717, 1.165) is 33.4 Å². The molecule has 0 heterocycles. The first-order valence-electron chi connectivity index (χ1n) is 31.8. The number of rotatable bonds is 12. The van der Waals surface area contributed by atoms with Gasteiger partial charge < -0.3 is 40.9 Å². The van der Waals surface area contributed by atoms with Gasteiger partial charge in [-0.05, 0) is 128 Å². The molecule has 86 heavy (non-hydrogen) atoms. The highest BCUT2D eigenvalue weighted by atomic mass is 16.3. The number of aromatic hydroxyl groups is 6. The molecule has 10 aromatic rings. The van der Waals surface area contributed by atoms with Gasteiger partial charge >= 0.3 is 0 Å². The highest BCUT2D eigenvalue weighted by Crippen LogP contribution is 2.35. The molecule has 8 heteroatoms. The van der Waals surface area contributed by atoms with E-state index in [1.807, 2.05) is 72.8 Å². The van der Waals surface area contributed by atoms with Crippen LogP contribution in [-0.4, -0.2) is 66.5 Å². The molecule has 8 nitrogen and oxygen atoms in total. The van der Waals surface area contributed by atoms with Gasteiger partial charge in [0.2, 0.25) is 2.86 Å². The molecule has 0 unspecified atom stereocenters. The molecule has 0 amide bonds. The molecule has 8 N–H and O–H groups in total. The molecule has 0 fully saturated rings. The molecule has 10 rings (SSSR count). The van der Waals surface area contributed by atoms with E-state index in [-0.39, 0.29) is 31.1 Å². The molecule has 0 bridgehead atoms. The van der Waals surface area contributed by atoms with Gasteiger partial charge in [-0.3, -0.25) is 0 Å². The standard InChI is InChI=1S/3C15H16O2.2C10H8.3C3H8.2CH4O.2CH4/c3*1-15(2,11-3-7-13(16)8-4-11)12-5-9-14(17)10-6-12;2*1-2-6-10-8-4-3-7-9(10)5-1;3*1-3-2;2*1-2;;/h3*3-10,16-17H,1-2H3;2*1-8H;3*3H2,1-2H3;2*2H,1H3;2*1H4/i;;;;;;;;2*2D;;/hD6. The molecule has 0 aliphatic rings. The Morgan fingerprint density at radius 2 is 0.349 bits per heavy atom. The van der Waals surface area contributed by atoms with E-state index in [2.05, 4.69) is 221 Å². The Kier molecular flexibility index (Phi) is 32.6. The van der Waals surface area contributed by atoms with Crippen molar-refractivity contribution in [1.82, 2.24) is 0 Å². The van der Waals surface area contributed by atoms with Crippen molar-refractivity contribution in [3.63, 3.8) is 0 Å². The third-order valence-corrected chi connectivity index (χ3v) is 12.8. The fraction of sp³-hybridized carbons (Fsp3) is 0.282. The van der Waals surface area contributed by atoms with Gasteiger partial charge in [0.05, 0.1) is 0 Å². The van der Waals surface area contributed by atoms with Crippen LogP contribution in [0.15, 0.2) is 243 Å². The van der Waals surface area contributed by atoms with Crippen LogP contribution in [0.4, 0.5) is 0 Å². The Morgan fingerprint density at radius 3 is 0.442 bits per heavy atom. The van der Waals surface area contributed by atoms with Crippen molar-refractivity contribution in [3.8, 4) is 34.5 Å². The van der Waals surface area contributed by atoms with Crippen molar-refractivity contribution < 1.29 is 40.9 Å². The number of fused-ring (bicyclic) bond motifs is 2. The maximum atomic E-state index is 6.85. The molecule has 0 atom stereocenters. The van der Waals surface area contributed by atoms with Crippen LogP contribution >= 0.6 is 0 Å². The molecule has 0 aliphatic heterocycles. The molecule has 464 valence electrons. The zero-order valence-corrected chi connectivity index (χ0v) is 52.0. The van der Waals surface area contributed by atoms with Crippen molar-refractivity contribution in [1.29, 1.82) is 11.4 Å². The predicted molar refractivity (Wildman–Crippen MR) is 371 cm³/mol. The summed E-state index contributed by atoms with van der Waals surface area (Å²) in [5.41, 5.74) is 6.30. The first kappa shape index (κ1) is 65.0. The number of benzene rings is 10. The quantitative estimate of drug-likeness (QED) is 0.0600. The van der Waals surface area contributed by atoms with Gasteiger partial charge in [-0.25, -0.2) is 0 Å². The molecule has 0 saturated heterocycles. The lowest BCUT2D eigenvalue weighted by atomic mass is 9.78. The van der Waals surface area contributed by atoms with Crippen molar-refractivity contribution >= 4 is 21.5 Å². The molecule has 0 aromatic heterocycles. The summed E-state index contributed by atoms with van der Waals surface area (Å²) in [6, 6.07) is 78.3. The second-order valence-electron chi connectivity index (χ2n) is 20.8. The fourth-order valence-electron chi connectivity index (χ4n) is 8.00. The fourth-order valence-corrected chi connectivity index (χ4v) is 8.00. The minimum atomic E-state index is -0.166. The normalized spacial score (nSPS) is 10.9. The highest BCUT2D eigenvalue weighted by Gasteiger charge is 2.25. The van der Waals surface area contributed by atoms with Gasteiger partial charge in [0, 0.05) is 30.5 Å².